The number of rotatable bonds is 3. The average molecular weight is 338 g/mol. The second-order valence-electron chi connectivity index (χ2n) is 4.86. The molecule has 3 nitrogen and oxygen atoms in total. The van der Waals surface area contributed by atoms with E-state index in [4.69, 9.17) is 12.2 Å². The summed E-state index contributed by atoms with van der Waals surface area (Å²) in [6.07, 6.45) is 6.73. The summed E-state index contributed by atoms with van der Waals surface area (Å²) in [5.41, 5.74) is 1.10. The number of nitrogens with zero attached hydrogens (tertiary/aromatic N) is 3. The quantitative estimate of drug-likeness (QED) is 0.789. The van der Waals surface area contributed by atoms with Gasteiger partial charge in [-0.05, 0) is 62.4 Å². The first-order valence-corrected chi connectivity index (χ1v) is 7.70. The van der Waals surface area contributed by atoms with E-state index >= 15 is 0 Å². The van der Waals surface area contributed by atoms with Gasteiger partial charge < -0.3 is 4.57 Å². The molecule has 0 radical (unpaired) electrons. The Bertz CT molecular complexity index is 608. The molecular weight excluding hydrogens is 322 g/mol. The SMILES string of the molecule is S=c1n(CN2CCCC2)ccn1-c1ccc(Br)cc1. The van der Waals surface area contributed by atoms with Crippen molar-refractivity contribution in [1.29, 1.82) is 0 Å². The van der Waals surface area contributed by atoms with Crippen LogP contribution < -0.4 is 0 Å². The molecule has 1 saturated heterocycles. The Balaban J connectivity index is 1.85. The van der Waals surface area contributed by atoms with Crippen molar-refractivity contribution in [3.05, 3.63) is 45.9 Å². The number of halogens is 1. The molecule has 2 aromatic rings. The highest BCUT2D eigenvalue weighted by atomic mass is 79.9. The van der Waals surface area contributed by atoms with Gasteiger partial charge in [-0.25, -0.2) is 0 Å². The Kier molecular flexibility index (Phi) is 3.86. The highest BCUT2D eigenvalue weighted by Gasteiger charge is 2.12. The van der Waals surface area contributed by atoms with Crippen molar-refractivity contribution in [2.75, 3.05) is 13.1 Å². The lowest BCUT2D eigenvalue weighted by Gasteiger charge is -2.15. The third kappa shape index (κ3) is 2.83. The van der Waals surface area contributed by atoms with Crippen molar-refractivity contribution in [1.82, 2.24) is 14.0 Å². The Labute approximate surface area is 126 Å². The van der Waals surface area contributed by atoms with Gasteiger partial charge in [0.1, 0.15) is 0 Å². The van der Waals surface area contributed by atoms with E-state index in [1.807, 2.05) is 18.3 Å². The van der Waals surface area contributed by atoms with Gasteiger partial charge >= 0.3 is 0 Å². The molecule has 0 bridgehead atoms. The van der Waals surface area contributed by atoms with E-state index in [2.05, 4.69) is 48.3 Å². The highest BCUT2D eigenvalue weighted by molar-refractivity contribution is 9.10. The maximum absolute atomic E-state index is 5.56. The molecular formula is C14H16BrN3S. The Morgan fingerprint density at radius 1 is 1.05 bits per heavy atom. The first-order valence-electron chi connectivity index (χ1n) is 6.50. The largest absolute Gasteiger partial charge is 0.310 e. The standard InChI is InChI=1S/C14H16BrN3S/c15-12-3-5-13(6-4-12)18-10-9-17(14(18)19)11-16-7-1-2-8-16/h3-6,9-10H,1-2,7-8,11H2. The van der Waals surface area contributed by atoms with Crippen molar-refractivity contribution >= 4 is 28.1 Å². The van der Waals surface area contributed by atoms with Crippen LogP contribution in [0.3, 0.4) is 0 Å². The summed E-state index contributed by atoms with van der Waals surface area (Å²) in [6.45, 7) is 3.28. The van der Waals surface area contributed by atoms with Crippen LogP contribution >= 0.6 is 28.1 Å². The number of aromatic nitrogens is 2. The Morgan fingerprint density at radius 3 is 2.42 bits per heavy atom. The van der Waals surface area contributed by atoms with E-state index in [-0.39, 0.29) is 0 Å². The zero-order valence-electron chi connectivity index (χ0n) is 10.6. The average Bonchev–Trinajstić information content (AvgIpc) is 3.03. The lowest BCUT2D eigenvalue weighted by atomic mass is 10.3. The molecule has 0 aliphatic carbocycles. The smallest absolute Gasteiger partial charge is 0.185 e. The zero-order valence-corrected chi connectivity index (χ0v) is 13.0. The zero-order chi connectivity index (χ0) is 13.2. The number of likely N-dealkylation sites (tertiary alicyclic amines) is 1. The third-order valence-corrected chi connectivity index (χ3v) is 4.46. The van der Waals surface area contributed by atoms with Gasteiger partial charge in [-0.2, -0.15) is 0 Å². The summed E-state index contributed by atoms with van der Waals surface area (Å²) < 4.78 is 6.13. The summed E-state index contributed by atoms with van der Waals surface area (Å²) in [6, 6.07) is 8.21. The van der Waals surface area contributed by atoms with Gasteiger partial charge in [0, 0.05) is 22.6 Å². The van der Waals surface area contributed by atoms with E-state index in [0.717, 1.165) is 21.6 Å². The van der Waals surface area contributed by atoms with Crippen LogP contribution in [0.4, 0.5) is 0 Å². The summed E-state index contributed by atoms with van der Waals surface area (Å²) in [5, 5.41) is 0. The molecule has 1 aromatic heterocycles. The van der Waals surface area contributed by atoms with Gasteiger partial charge in [0.2, 0.25) is 0 Å². The summed E-state index contributed by atoms with van der Waals surface area (Å²) in [4.78, 5) is 2.45. The van der Waals surface area contributed by atoms with Gasteiger partial charge in [-0.1, -0.05) is 15.9 Å². The second kappa shape index (κ2) is 5.61. The molecule has 1 aliphatic rings. The van der Waals surface area contributed by atoms with Gasteiger partial charge in [-0.3, -0.25) is 9.47 Å². The van der Waals surface area contributed by atoms with E-state index in [9.17, 15) is 0 Å². The monoisotopic (exact) mass is 337 g/mol. The third-order valence-electron chi connectivity index (χ3n) is 3.50. The van der Waals surface area contributed by atoms with Gasteiger partial charge in [0.15, 0.2) is 4.77 Å². The number of imidazole rings is 1. The molecule has 1 fully saturated rings. The summed E-state index contributed by atoms with van der Waals surface area (Å²) >= 11 is 9.02. The van der Waals surface area contributed by atoms with Crippen LogP contribution in [0.5, 0.6) is 0 Å². The topological polar surface area (TPSA) is 13.1 Å². The number of hydrogen-bond acceptors (Lipinski definition) is 2. The van der Waals surface area contributed by atoms with E-state index in [0.29, 0.717) is 0 Å². The van der Waals surface area contributed by atoms with Crippen LogP contribution in [0.1, 0.15) is 12.8 Å². The first kappa shape index (κ1) is 13.1. The minimum absolute atomic E-state index is 0.856. The minimum Gasteiger partial charge on any atom is -0.310 e. The van der Waals surface area contributed by atoms with Crippen LogP contribution in [0.15, 0.2) is 41.1 Å². The highest BCUT2D eigenvalue weighted by Crippen LogP contribution is 2.16. The number of benzene rings is 1. The minimum atomic E-state index is 0.856. The predicted molar refractivity (Wildman–Crippen MR) is 83.1 cm³/mol. The van der Waals surface area contributed by atoms with Crippen molar-refractivity contribution in [2.45, 2.75) is 19.5 Å². The Morgan fingerprint density at radius 2 is 1.74 bits per heavy atom. The molecule has 0 amide bonds. The summed E-state index contributed by atoms with van der Waals surface area (Å²) in [7, 11) is 0. The summed E-state index contributed by atoms with van der Waals surface area (Å²) in [5.74, 6) is 0. The van der Waals surface area contributed by atoms with E-state index in [1.54, 1.807) is 0 Å². The lowest BCUT2D eigenvalue weighted by molar-refractivity contribution is 0.268. The lowest BCUT2D eigenvalue weighted by Crippen LogP contribution is -2.22. The van der Waals surface area contributed by atoms with Crippen molar-refractivity contribution in [3.63, 3.8) is 0 Å². The van der Waals surface area contributed by atoms with Crippen LogP contribution in [-0.4, -0.2) is 27.1 Å². The maximum Gasteiger partial charge on any atom is 0.185 e. The maximum atomic E-state index is 5.56. The molecule has 3 rings (SSSR count). The first-order chi connectivity index (χ1) is 9.24. The fourth-order valence-electron chi connectivity index (χ4n) is 2.46. The Hall–Kier alpha value is -0.910. The van der Waals surface area contributed by atoms with Gasteiger partial charge in [0.25, 0.3) is 0 Å². The van der Waals surface area contributed by atoms with Crippen LogP contribution in [0.2, 0.25) is 0 Å². The fraction of sp³-hybridized carbons (Fsp3) is 0.357. The molecule has 19 heavy (non-hydrogen) atoms. The molecule has 0 saturated carbocycles. The van der Waals surface area contributed by atoms with Gasteiger partial charge in [0.05, 0.1) is 6.67 Å². The molecule has 0 unspecified atom stereocenters. The van der Waals surface area contributed by atoms with E-state index < -0.39 is 0 Å². The van der Waals surface area contributed by atoms with Crippen LogP contribution in [0, 0.1) is 4.77 Å². The molecule has 0 atom stereocenters. The molecule has 100 valence electrons. The van der Waals surface area contributed by atoms with Crippen molar-refractivity contribution in [3.8, 4) is 5.69 Å². The predicted octanol–water partition coefficient (Wildman–Crippen LogP) is 3.82. The normalized spacial score (nSPS) is 16.1. The fourth-order valence-corrected chi connectivity index (χ4v) is 3.01. The number of hydrogen-bond donors (Lipinski definition) is 0. The molecule has 2 heterocycles. The molecule has 1 aliphatic heterocycles. The van der Waals surface area contributed by atoms with Gasteiger partial charge in [-0.15, -0.1) is 0 Å². The van der Waals surface area contributed by atoms with Crippen molar-refractivity contribution in [2.24, 2.45) is 0 Å². The molecule has 0 spiro atoms. The van der Waals surface area contributed by atoms with Crippen LogP contribution in [0.25, 0.3) is 5.69 Å². The molecule has 0 N–H and O–H groups in total. The van der Waals surface area contributed by atoms with Crippen LogP contribution in [-0.2, 0) is 6.67 Å². The van der Waals surface area contributed by atoms with E-state index in [1.165, 1.54) is 25.9 Å². The second-order valence-corrected chi connectivity index (χ2v) is 6.14. The molecule has 5 heteroatoms. The van der Waals surface area contributed by atoms with Crippen molar-refractivity contribution < 1.29 is 0 Å². The molecule has 1 aromatic carbocycles.